The van der Waals surface area contributed by atoms with Gasteiger partial charge in [-0.05, 0) is 48.9 Å². The van der Waals surface area contributed by atoms with E-state index in [-0.39, 0.29) is 22.6 Å². The third-order valence-electron chi connectivity index (χ3n) is 4.45. The number of hydrogen-bond donors (Lipinski definition) is 3. The number of hydrogen-bond acceptors (Lipinski definition) is 5. The van der Waals surface area contributed by atoms with Gasteiger partial charge in [-0.25, -0.2) is 9.59 Å². The van der Waals surface area contributed by atoms with E-state index in [2.05, 4.69) is 20.8 Å². The van der Waals surface area contributed by atoms with Crippen molar-refractivity contribution in [3.8, 4) is 11.5 Å². The highest BCUT2D eigenvalue weighted by molar-refractivity contribution is 5.92. The van der Waals surface area contributed by atoms with Crippen LogP contribution < -0.4 is 0 Å². The summed E-state index contributed by atoms with van der Waals surface area (Å²) in [6.07, 6.45) is 4.67. The summed E-state index contributed by atoms with van der Waals surface area (Å²) in [5.74, 6) is -1.12. The number of para-hydroxylation sites is 2. The van der Waals surface area contributed by atoms with Crippen LogP contribution in [0.2, 0.25) is 0 Å². The van der Waals surface area contributed by atoms with Crippen LogP contribution in [-0.2, 0) is 11.2 Å². The summed E-state index contributed by atoms with van der Waals surface area (Å²) < 4.78 is 5.01. The summed E-state index contributed by atoms with van der Waals surface area (Å²) in [4.78, 5) is 22.2. The van der Waals surface area contributed by atoms with Crippen molar-refractivity contribution in [2.24, 2.45) is 5.92 Å². The molecule has 0 unspecified atom stereocenters. The number of benzene rings is 2. The fourth-order valence-electron chi connectivity index (χ4n) is 2.65. The minimum absolute atomic E-state index is 0.0174. The van der Waals surface area contributed by atoms with E-state index in [1.165, 1.54) is 12.1 Å². The van der Waals surface area contributed by atoms with Gasteiger partial charge in [-0.1, -0.05) is 57.9 Å². The van der Waals surface area contributed by atoms with Gasteiger partial charge in [0.25, 0.3) is 0 Å². The summed E-state index contributed by atoms with van der Waals surface area (Å²) in [5, 5.41) is 27.9. The van der Waals surface area contributed by atoms with Crippen molar-refractivity contribution in [1.82, 2.24) is 0 Å². The highest BCUT2D eigenvalue weighted by Gasteiger charge is 2.13. The van der Waals surface area contributed by atoms with E-state index in [4.69, 9.17) is 9.84 Å². The Labute approximate surface area is 178 Å². The van der Waals surface area contributed by atoms with Gasteiger partial charge in [0, 0.05) is 0 Å². The van der Waals surface area contributed by atoms with Crippen LogP contribution in [0.5, 0.6) is 11.5 Å². The fraction of sp³-hybridized carbons (Fsp3) is 0.417. The summed E-state index contributed by atoms with van der Waals surface area (Å²) in [7, 11) is 0. The molecular weight excluding hydrogens is 384 g/mol. The number of esters is 1. The number of aromatic carboxylic acids is 1. The molecule has 0 bridgehead atoms. The van der Waals surface area contributed by atoms with Gasteiger partial charge in [0.1, 0.15) is 22.6 Å². The van der Waals surface area contributed by atoms with E-state index in [0.29, 0.717) is 24.5 Å². The Balaban J connectivity index is 0.000000300. The molecule has 3 N–H and O–H groups in total. The minimum Gasteiger partial charge on any atom is -0.507 e. The van der Waals surface area contributed by atoms with Crippen molar-refractivity contribution in [3.05, 3.63) is 59.2 Å². The summed E-state index contributed by atoms with van der Waals surface area (Å²) in [6.45, 7) is 6.70. The molecule has 0 radical (unpaired) electrons. The second kappa shape index (κ2) is 13.2. The lowest BCUT2D eigenvalue weighted by Crippen LogP contribution is -2.06. The second-order valence-electron chi connectivity index (χ2n) is 7.41. The predicted octanol–water partition coefficient (Wildman–Crippen LogP) is 5.42. The first kappa shape index (κ1) is 25.0. The molecule has 0 aromatic heterocycles. The molecule has 0 aliphatic heterocycles. The van der Waals surface area contributed by atoms with Crippen molar-refractivity contribution in [2.45, 2.75) is 52.9 Å². The average Bonchev–Trinajstić information content (AvgIpc) is 2.71. The van der Waals surface area contributed by atoms with Crippen molar-refractivity contribution in [1.29, 1.82) is 0 Å². The molecule has 0 spiro atoms. The zero-order valence-corrected chi connectivity index (χ0v) is 17.9. The molecule has 2 aromatic carbocycles. The maximum atomic E-state index is 11.4. The van der Waals surface area contributed by atoms with Crippen LogP contribution in [-0.4, -0.2) is 33.9 Å². The van der Waals surface area contributed by atoms with Crippen LogP contribution in [0.4, 0.5) is 0 Å². The Morgan fingerprint density at radius 3 is 2.23 bits per heavy atom. The zero-order valence-electron chi connectivity index (χ0n) is 17.9. The highest BCUT2D eigenvalue weighted by atomic mass is 16.5. The molecule has 6 heteroatoms. The Morgan fingerprint density at radius 2 is 1.63 bits per heavy atom. The molecular formula is C24H32O6. The fourth-order valence-corrected chi connectivity index (χ4v) is 2.65. The maximum absolute atomic E-state index is 11.4. The molecule has 2 rings (SSSR count). The molecule has 2 aromatic rings. The largest absolute Gasteiger partial charge is 0.507 e. The lowest BCUT2D eigenvalue weighted by Gasteiger charge is -2.08. The number of carboxylic acid groups (broad SMARTS) is 1. The van der Waals surface area contributed by atoms with Crippen LogP contribution >= 0.6 is 0 Å². The van der Waals surface area contributed by atoms with Gasteiger partial charge < -0.3 is 20.1 Å². The quantitative estimate of drug-likeness (QED) is 0.372. The van der Waals surface area contributed by atoms with Gasteiger partial charge in [-0.15, -0.1) is 0 Å². The van der Waals surface area contributed by atoms with Gasteiger partial charge in [-0.2, -0.15) is 0 Å². The van der Waals surface area contributed by atoms with Gasteiger partial charge in [-0.3, -0.25) is 0 Å². The average molecular weight is 417 g/mol. The molecule has 0 saturated heterocycles. The van der Waals surface area contributed by atoms with Gasteiger partial charge in [0.15, 0.2) is 0 Å². The number of phenols is 2. The first-order valence-electron chi connectivity index (χ1n) is 10.3. The number of aryl methyl sites for hydroxylation is 1. The molecule has 30 heavy (non-hydrogen) atoms. The number of carbonyl (C=O) groups is 2. The first-order valence-corrected chi connectivity index (χ1v) is 10.3. The van der Waals surface area contributed by atoms with Crippen molar-refractivity contribution in [3.63, 3.8) is 0 Å². The molecule has 0 aliphatic carbocycles. The van der Waals surface area contributed by atoms with Crippen LogP contribution in [0.3, 0.4) is 0 Å². The third kappa shape index (κ3) is 8.55. The number of carboxylic acids is 1. The zero-order chi connectivity index (χ0) is 22.5. The van der Waals surface area contributed by atoms with Crippen molar-refractivity contribution < 1.29 is 29.6 Å². The van der Waals surface area contributed by atoms with Crippen LogP contribution in [0.25, 0.3) is 0 Å². The SMILES string of the molecule is CC(C)CCc1cccc(C(=O)O)c1O.CCCCCOC(=O)c1ccccc1O. The van der Waals surface area contributed by atoms with Gasteiger partial charge >= 0.3 is 11.9 Å². The van der Waals surface area contributed by atoms with E-state index in [0.717, 1.165) is 25.7 Å². The Hall–Kier alpha value is -3.02. The van der Waals surface area contributed by atoms with E-state index in [1.54, 1.807) is 30.3 Å². The number of phenolic OH excluding ortho intramolecular Hbond substituents is 1. The lowest BCUT2D eigenvalue weighted by molar-refractivity contribution is 0.0494. The molecule has 0 fully saturated rings. The number of aromatic hydroxyl groups is 2. The van der Waals surface area contributed by atoms with Crippen LogP contribution in [0.15, 0.2) is 42.5 Å². The van der Waals surface area contributed by atoms with Gasteiger partial charge in [0.05, 0.1) is 6.61 Å². The highest BCUT2D eigenvalue weighted by Crippen LogP contribution is 2.24. The smallest absolute Gasteiger partial charge is 0.341 e. The number of rotatable bonds is 9. The summed E-state index contributed by atoms with van der Waals surface area (Å²) in [5.41, 5.74) is 0.925. The van der Waals surface area contributed by atoms with Crippen molar-refractivity contribution >= 4 is 11.9 Å². The van der Waals surface area contributed by atoms with Crippen molar-refractivity contribution in [2.75, 3.05) is 6.61 Å². The van der Waals surface area contributed by atoms with Crippen LogP contribution in [0.1, 0.15) is 72.7 Å². The lowest BCUT2D eigenvalue weighted by atomic mass is 10.00. The van der Waals surface area contributed by atoms with Crippen LogP contribution in [0, 0.1) is 5.92 Å². The number of ether oxygens (including phenoxy) is 1. The number of carbonyl (C=O) groups excluding carboxylic acids is 1. The monoisotopic (exact) mass is 416 g/mol. The van der Waals surface area contributed by atoms with E-state index in [1.807, 2.05) is 0 Å². The molecule has 164 valence electrons. The molecule has 0 heterocycles. The normalized spacial score (nSPS) is 10.3. The summed E-state index contributed by atoms with van der Waals surface area (Å²) in [6, 6.07) is 11.2. The topological polar surface area (TPSA) is 104 Å². The predicted molar refractivity (Wildman–Crippen MR) is 116 cm³/mol. The van der Waals surface area contributed by atoms with E-state index in [9.17, 15) is 19.8 Å². The molecule has 0 amide bonds. The maximum Gasteiger partial charge on any atom is 0.341 e. The number of unbranched alkanes of at least 4 members (excludes halogenated alkanes) is 2. The molecule has 6 nitrogen and oxygen atoms in total. The summed E-state index contributed by atoms with van der Waals surface area (Å²) >= 11 is 0. The molecule has 0 aliphatic rings. The Kier molecular flexibility index (Phi) is 11.0. The standard InChI is InChI=1S/2C12H16O3/c1-8(2)6-7-9-4-3-5-10(11(9)13)12(14)15;1-2-3-6-9-15-12(14)10-7-4-5-8-11(10)13/h3-5,8,13H,6-7H2,1-2H3,(H,14,15);4-5,7-8,13H,2-3,6,9H2,1H3. The van der Waals surface area contributed by atoms with E-state index < -0.39 is 11.9 Å². The third-order valence-corrected chi connectivity index (χ3v) is 4.45. The second-order valence-corrected chi connectivity index (χ2v) is 7.41. The molecule has 0 saturated carbocycles. The van der Waals surface area contributed by atoms with E-state index >= 15 is 0 Å². The first-order chi connectivity index (χ1) is 14.3. The Bertz CT molecular complexity index is 813. The minimum atomic E-state index is -1.08. The Morgan fingerprint density at radius 1 is 0.967 bits per heavy atom. The molecule has 0 atom stereocenters. The van der Waals surface area contributed by atoms with Gasteiger partial charge in [0.2, 0.25) is 0 Å².